The fourth-order valence-corrected chi connectivity index (χ4v) is 1.63. The number of hydrogen-bond donors (Lipinski definition) is 2. The van der Waals surface area contributed by atoms with Gasteiger partial charge in [-0.25, -0.2) is 9.59 Å². The summed E-state index contributed by atoms with van der Waals surface area (Å²) in [7, 11) is 0. The van der Waals surface area contributed by atoms with Gasteiger partial charge in [-0.2, -0.15) is 0 Å². The highest BCUT2D eigenvalue weighted by molar-refractivity contribution is 5.94. The van der Waals surface area contributed by atoms with E-state index in [1.807, 2.05) is 25.1 Å². The lowest BCUT2D eigenvalue weighted by molar-refractivity contribution is -0.150. The normalized spacial score (nSPS) is 10.2. The van der Waals surface area contributed by atoms with Gasteiger partial charge in [-0.15, -0.1) is 0 Å². The molecule has 0 bridgehead atoms. The average molecular weight is 308 g/mol. The van der Waals surface area contributed by atoms with Gasteiger partial charge in [-0.3, -0.25) is 10.1 Å². The molecule has 0 aliphatic rings. The number of benzene rings is 1. The Labute approximate surface area is 128 Å². The van der Waals surface area contributed by atoms with Gasteiger partial charge in [-0.05, 0) is 30.0 Å². The molecule has 0 saturated heterocycles. The zero-order chi connectivity index (χ0) is 16.7. The van der Waals surface area contributed by atoms with Crippen LogP contribution in [0.25, 0.3) is 0 Å². The molecule has 7 nitrogen and oxygen atoms in total. The van der Waals surface area contributed by atoms with E-state index in [0.29, 0.717) is 11.7 Å². The maximum absolute atomic E-state index is 11.5. The standard InChI is InChI=1S/C15H20N2O5/c1-9(2)11-5-4-10(3)12(6-11)21-8-14(19)22-7-13(18)17-15(16)20/h4-6,9H,7-8H2,1-3H3,(H3,16,17,18,20). The minimum atomic E-state index is -1.00. The van der Waals surface area contributed by atoms with Crippen molar-refractivity contribution >= 4 is 17.9 Å². The van der Waals surface area contributed by atoms with Crippen LogP contribution in [-0.4, -0.2) is 31.1 Å². The van der Waals surface area contributed by atoms with Crippen LogP contribution < -0.4 is 15.8 Å². The van der Waals surface area contributed by atoms with Gasteiger partial charge < -0.3 is 15.2 Å². The van der Waals surface area contributed by atoms with E-state index < -0.39 is 24.5 Å². The Kier molecular flexibility index (Phi) is 6.37. The zero-order valence-corrected chi connectivity index (χ0v) is 12.8. The number of rotatable bonds is 6. The minimum absolute atomic E-state index is 0.327. The molecule has 0 aliphatic heterocycles. The van der Waals surface area contributed by atoms with E-state index in [0.717, 1.165) is 11.1 Å². The first-order chi connectivity index (χ1) is 10.3. The third-order valence-corrected chi connectivity index (χ3v) is 2.85. The summed E-state index contributed by atoms with van der Waals surface area (Å²) >= 11 is 0. The maximum Gasteiger partial charge on any atom is 0.344 e. The van der Waals surface area contributed by atoms with Crippen molar-refractivity contribution in [2.24, 2.45) is 5.73 Å². The summed E-state index contributed by atoms with van der Waals surface area (Å²) in [5, 5.41) is 1.78. The predicted octanol–water partition coefficient (Wildman–Crippen LogP) is 1.24. The maximum atomic E-state index is 11.5. The van der Waals surface area contributed by atoms with Crippen molar-refractivity contribution in [1.82, 2.24) is 5.32 Å². The van der Waals surface area contributed by atoms with Crippen LogP contribution in [0.2, 0.25) is 0 Å². The molecule has 1 aromatic carbocycles. The summed E-state index contributed by atoms with van der Waals surface area (Å²) in [5.74, 6) is -0.579. The van der Waals surface area contributed by atoms with Crippen molar-refractivity contribution in [2.75, 3.05) is 13.2 Å². The van der Waals surface area contributed by atoms with Crippen LogP contribution in [0.15, 0.2) is 18.2 Å². The number of urea groups is 1. The summed E-state index contributed by atoms with van der Waals surface area (Å²) in [6.07, 6.45) is 0. The summed E-state index contributed by atoms with van der Waals surface area (Å²) in [5.41, 5.74) is 6.74. The number of hydrogen-bond acceptors (Lipinski definition) is 5. The van der Waals surface area contributed by atoms with Gasteiger partial charge in [0.25, 0.3) is 5.91 Å². The Balaban J connectivity index is 2.49. The van der Waals surface area contributed by atoms with Gasteiger partial charge in [0, 0.05) is 0 Å². The molecular weight excluding hydrogens is 288 g/mol. The molecule has 1 aromatic rings. The Morgan fingerprint density at radius 2 is 1.91 bits per heavy atom. The smallest absolute Gasteiger partial charge is 0.344 e. The Morgan fingerprint density at radius 1 is 1.23 bits per heavy atom. The van der Waals surface area contributed by atoms with Gasteiger partial charge in [0.15, 0.2) is 13.2 Å². The lowest BCUT2D eigenvalue weighted by atomic mass is 10.0. The van der Waals surface area contributed by atoms with Crippen LogP contribution in [0.5, 0.6) is 5.75 Å². The lowest BCUT2D eigenvalue weighted by Gasteiger charge is -2.12. The van der Waals surface area contributed by atoms with Gasteiger partial charge in [0.2, 0.25) is 0 Å². The summed E-state index contributed by atoms with van der Waals surface area (Å²) in [4.78, 5) is 33.0. The molecule has 0 radical (unpaired) electrons. The van der Waals surface area contributed by atoms with Crippen molar-refractivity contribution in [3.8, 4) is 5.75 Å². The Morgan fingerprint density at radius 3 is 2.50 bits per heavy atom. The van der Waals surface area contributed by atoms with E-state index >= 15 is 0 Å². The summed E-state index contributed by atoms with van der Waals surface area (Å²) < 4.78 is 10.1. The van der Waals surface area contributed by atoms with Gasteiger partial charge in [0.1, 0.15) is 5.75 Å². The molecule has 0 saturated carbocycles. The quantitative estimate of drug-likeness (QED) is 0.769. The molecule has 3 N–H and O–H groups in total. The zero-order valence-electron chi connectivity index (χ0n) is 12.8. The molecule has 22 heavy (non-hydrogen) atoms. The van der Waals surface area contributed by atoms with E-state index in [9.17, 15) is 14.4 Å². The number of amides is 3. The molecule has 7 heteroatoms. The first kappa shape index (κ1) is 17.5. The fraction of sp³-hybridized carbons (Fsp3) is 0.400. The van der Waals surface area contributed by atoms with Crippen LogP contribution in [0.1, 0.15) is 30.9 Å². The van der Waals surface area contributed by atoms with Crippen LogP contribution >= 0.6 is 0 Å². The van der Waals surface area contributed by atoms with E-state index in [2.05, 4.69) is 18.6 Å². The number of aryl methyl sites for hydroxylation is 1. The van der Waals surface area contributed by atoms with Gasteiger partial charge in [-0.1, -0.05) is 26.0 Å². The molecule has 1 rings (SSSR count). The number of nitrogens with one attached hydrogen (secondary N) is 1. The minimum Gasteiger partial charge on any atom is -0.482 e. The molecule has 0 aromatic heterocycles. The summed E-state index contributed by atoms with van der Waals surface area (Å²) in [6.45, 7) is 5.06. The largest absolute Gasteiger partial charge is 0.482 e. The van der Waals surface area contributed by atoms with Crippen LogP contribution in [0.4, 0.5) is 4.79 Å². The molecule has 120 valence electrons. The number of primary amides is 1. The van der Waals surface area contributed by atoms with Crippen molar-refractivity contribution in [2.45, 2.75) is 26.7 Å². The molecule has 0 unspecified atom stereocenters. The van der Waals surface area contributed by atoms with Crippen LogP contribution in [0, 0.1) is 6.92 Å². The monoisotopic (exact) mass is 308 g/mol. The number of esters is 1. The Hall–Kier alpha value is -2.57. The van der Waals surface area contributed by atoms with Crippen LogP contribution in [0.3, 0.4) is 0 Å². The second-order valence-electron chi connectivity index (χ2n) is 5.04. The lowest BCUT2D eigenvalue weighted by Crippen LogP contribution is -2.38. The first-order valence-electron chi connectivity index (χ1n) is 6.78. The van der Waals surface area contributed by atoms with Gasteiger partial charge >= 0.3 is 12.0 Å². The van der Waals surface area contributed by atoms with Crippen LogP contribution in [-0.2, 0) is 14.3 Å². The van der Waals surface area contributed by atoms with Crippen molar-refractivity contribution in [3.63, 3.8) is 0 Å². The molecule has 0 heterocycles. The molecular formula is C15H20N2O5. The molecule has 0 spiro atoms. The topological polar surface area (TPSA) is 108 Å². The highest BCUT2D eigenvalue weighted by atomic mass is 16.6. The van der Waals surface area contributed by atoms with E-state index in [-0.39, 0.29) is 6.61 Å². The Bertz CT molecular complexity index is 569. The number of carbonyl (C=O) groups is 3. The third-order valence-electron chi connectivity index (χ3n) is 2.85. The van der Waals surface area contributed by atoms with Gasteiger partial charge in [0.05, 0.1) is 0 Å². The molecule has 3 amide bonds. The number of carbonyl (C=O) groups excluding carboxylic acids is 3. The molecule has 0 atom stereocenters. The van der Waals surface area contributed by atoms with Crippen molar-refractivity contribution < 1.29 is 23.9 Å². The number of nitrogens with two attached hydrogens (primary N) is 1. The average Bonchev–Trinajstić information content (AvgIpc) is 2.43. The number of imide groups is 1. The third kappa shape index (κ3) is 5.82. The van der Waals surface area contributed by atoms with E-state index in [4.69, 9.17) is 10.5 Å². The van der Waals surface area contributed by atoms with E-state index in [1.165, 1.54) is 0 Å². The summed E-state index contributed by atoms with van der Waals surface area (Å²) in [6, 6.07) is 4.78. The highest BCUT2D eigenvalue weighted by Gasteiger charge is 2.11. The van der Waals surface area contributed by atoms with Crippen molar-refractivity contribution in [1.29, 1.82) is 0 Å². The van der Waals surface area contributed by atoms with Crippen molar-refractivity contribution in [3.05, 3.63) is 29.3 Å². The van der Waals surface area contributed by atoms with E-state index in [1.54, 1.807) is 5.32 Å². The fourth-order valence-electron chi connectivity index (χ4n) is 1.63. The SMILES string of the molecule is Cc1ccc(C(C)C)cc1OCC(=O)OCC(=O)NC(N)=O. The number of ether oxygens (including phenoxy) is 2. The first-order valence-corrected chi connectivity index (χ1v) is 6.78. The second kappa shape index (κ2) is 8.02. The molecule has 0 aliphatic carbocycles. The molecule has 0 fully saturated rings. The second-order valence-corrected chi connectivity index (χ2v) is 5.04. The highest BCUT2D eigenvalue weighted by Crippen LogP contribution is 2.24. The predicted molar refractivity (Wildman–Crippen MR) is 79.4 cm³/mol.